The maximum absolute atomic E-state index is 12.1. The van der Waals surface area contributed by atoms with E-state index in [1.807, 2.05) is 43.3 Å². The van der Waals surface area contributed by atoms with Gasteiger partial charge in [-0.05, 0) is 37.1 Å². The Bertz CT molecular complexity index is 517. The van der Waals surface area contributed by atoms with Gasteiger partial charge < -0.3 is 15.3 Å². The van der Waals surface area contributed by atoms with Crippen molar-refractivity contribution in [3.8, 4) is 0 Å². The number of aliphatic carboxylic acids is 1. The molecule has 5 nitrogen and oxygen atoms in total. The van der Waals surface area contributed by atoms with E-state index < -0.39 is 11.4 Å². The summed E-state index contributed by atoms with van der Waals surface area (Å²) in [5, 5.41) is 12.2. The number of benzene rings is 1. The number of hydrogen-bond acceptors (Lipinski definition) is 3. The molecule has 1 aliphatic rings. The second-order valence-corrected chi connectivity index (χ2v) is 5.96. The molecule has 114 valence electrons. The summed E-state index contributed by atoms with van der Waals surface area (Å²) in [4.78, 5) is 25.5. The van der Waals surface area contributed by atoms with Crippen molar-refractivity contribution >= 4 is 23.3 Å². The summed E-state index contributed by atoms with van der Waals surface area (Å²) in [7, 11) is 3.90. The molecule has 21 heavy (non-hydrogen) atoms. The van der Waals surface area contributed by atoms with Crippen LogP contribution in [0.15, 0.2) is 24.3 Å². The smallest absolute Gasteiger partial charge is 0.310 e. The highest BCUT2D eigenvalue weighted by atomic mass is 16.4. The van der Waals surface area contributed by atoms with Gasteiger partial charge in [0.25, 0.3) is 0 Å². The number of carbonyl (C=O) groups excluding carboxylic acids is 1. The van der Waals surface area contributed by atoms with Crippen molar-refractivity contribution < 1.29 is 14.7 Å². The van der Waals surface area contributed by atoms with Crippen molar-refractivity contribution in [1.82, 2.24) is 0 Å². The van der Waals surface area contributed by atoms with E-state index in [1.54, 1.807) is 0 Å². The van der Waals surface area contributed by atoms with E-state index in [-0.39, 0.29) is 12.3 Å². The summed E-state index contributed by atoms with van der Waals surface area (Å²) in [6.45, 7) is 0. The highest BCUT2D eigenvalue weighted by Gasteiger charge is 2.42. The molecular formula is C16H22N2O3. The third-order valence-corrected chi connectivity index (χ3v) is 4.18. The molecule has 1 amide bonds. The van der Waals surface area contributed by atoms with Crippen LogP contribution in [0.3, 0.4) is 0 Å². The fraction of sp³-hybridized carbons (Fsp3) is 0.500. The van der Waals surface area contributed by atoms with Crippen molar-refractivity contribution in [2.45, 2.75) is 32.1 Å². The first kappa shape index (κ1) is 15.4. The minimum Gasteiger partial charge on any atom is -0.481 e. The predicted molar refractivity (Wildman–Crippen MR) is 82.6 cm³/mol. The molecule has 0 unspecified atom stereocenters. The van der Waals surface area contributed by atoms with Crippen molar-refractivity contribution in [2.75, 3.05) is 24.3 Å². The van der Waals surface area contributed by atoms with Gasteiger partial charge in [-0.2, -0.15) is 0 Å². The Morgan fingerprint density at radius 3 is 2.24 bits per heavy atom. The number of hydrogen-bond donors (Lipinski definition) is 2. The highest BCUT2D eigenvalue weighted by molar-refractivity contribution is 5.94. The lowest BCUT2D eigenvalue weighted by Crippen LogP contribution is -2.32. The van der Waals surface area contributed by atoms with Gasteiger partial charge in [0.15, 0.2) is 0 Å². The molecule has 1 fully saturated rings. The molecular weight excluding hydrogens is 268 g/mol. The van der Waals surface area contributed by atoms with Crippen molar-refractivity contribution in [2.24, 2.45) is 5.41 Å². The highest BCUT2D eigenvalue weighted by Crippen LogP contribution is 2.41. The molecule has 0 atom stereocenters. The SMILES string of the molecule is CN(C)c1ccc(NC(=O)CC2(C(=O)O)CCCC2)cc1. The average molecular weight is 290 g/mol. The normalized spacial score (nSPS) is 16.5. The minimum atomic E-state index is -0.867. The summed E-state index contributed by atoms with van der Waals surface area (Å²) < 4.78 is 0. The molecule has 0 spiro atoms. The second kappa shape index (κ2) is 6.16. The molecule has 1 aliphatic carbocycles. The summed E-state index contributed by atoms with van der Waals surface area (Å²) in [5.41, 5.74) is 0.878. The van der Waals surface area contributed by atoms with Crippen LogP contribution in [0.4, 0.5) is 11.4 Å². The lowest BCUT2D eigenvalue weighted by atomic mass is 9.82. The van der Waals surface area contributed by atoms with Gasteiger partial charge in [0.1, 0.15) is 0 Å². The maximum Gasteiger partial charge on any atom is 0.310 e. The molecule has 0 aliphatic heterocycles. The standard InChI is InChI=1S/C16H22N2O3/c1-18(2)13-7-5-12(6-8-13)17-14(19)11-16(15(20)21)9-3-4-10-16/h5-8H,3-4,9-11H2,1-2H3,(H,17,19)(H,20,21). The molecule has 0 saturated heterocycles. The molecule has 0 bridgehead atoms. The number of carboxylic acids is 1. The Kier molecular flexibility index (Phi) is 4.50. The Morgan fingerprint density at radius 2 is 1.76 bits per heavy atom. The Balaban J connectivity index is 1.99. The molecule has 5 heteroatoms. The van der Waals surface area contributed by atoms with E-state index in [4.69, 9.17) is 0 Å². The predicted octanol–water partition coefficient (Wildman–Crippen LogP) is 2.73. The first-order valence-corrected chi connectivity index (χ1v) is 7.24. The summed E-state index contributed by atoms with van der Waals surface area (Å²) in [5.74, 6) is -1.07. The summed E-state index contributed by atoms with van der Waals surface area (Å²) in [6, 6.07) is 7.49. The van der Waals surface area contributed by atoms with Crippen LogP contribution in [0.5, 0.6) is 0 Å². The largest absolute Gasteiger partial charge is 0.481 e. The van der Waals surface area contributed by atoms with E-state index in [0.29, 0.717) is 18.5 Å². The van der Waals surface area contributed by atoms with Crippen molar-refractivity contribution in [1.29, 1.82) is 0 Å². The van der Waals surface area contributed by atoms with Gasteiger partial charge in [-0.25, -0.2) is 0 Å². The third-order valence-electron chi connectivity index (χ3n) is 4.18. The van der Waals surface area contributed by atoms with Gasteiger partial charge in [-0.3, -0.25) is 9.59 Å². The Hall–Kier alpha value is -2.04. The van der Waals surface area contributed by atoms with Crippen molar-refractivity contribution in [3.63, 3.8) is 0 Å². The molecule has 0 aromatic heterocycles. The zero-order valence-electron chi connectivity index (χ0n) is 12.6. The van der Waals surface area contributed by atoms with E-state index >= 15 is 0 Å². The van der Waals surface area contributed by atoms with E-state index in [2.05, 4.69) is 5.32 Å². The fourth-order valence-electron chi connectivity index (χ4n) is 2.87. The minimum absolute atomic E-state index is 0.0533. The van der Waals surface area contributed by atoms with Gasteiger partial charge in [-0.15, -0.1) is 0 Å². The molecule has 2 rings (SSSR count). The van der Waals surface area contributed by atoms with Gasteiger partial charge in [0.05, 0.1) is 5.41 Å². The van der Waals surface area contributed by atoms with Gasteiger partial charge in [0.2, 0.25) is 5.91 Å². The molecule has 1 saturated carbocycles. The zero-order chi connectivity index (χ0) is 15.5. The zero-order valence-corrected chi connectivity index (χ0v) is 12.6. The number of carbonyl (C=O) groups is 2. The number of nitrogens with one attached hydrogen (secondary N) is 1. The van der Waals surface area contributed by atoms with Crippen LogP contribution in [0.2, 0.25) is 0 Å². The molecule has 2 N–H and O–H groups in total. The lowest BCUT2D eigenvalue weighted by Gasteiger charge is -2.23. The number of rotatable bonds is 5. The van der Waals surface area contributed by atoms with Crippen LogP contribution in [0, 0.1) is 5.41 Å². The van der Waals surface area contributed by atoms with Crippen LogP contribution in [0.1, 0.15) is 32.1 Å². The van der Waals surface area contributed by atoms with Crippen LogP contribution in [0.25, 0.3) is 0 Å². The number of carboxylic acid groups (broad SMARTS) is 1. The topological polar surface area (TPSA) is 69.6 Å². The second-order valence-electron chi connectivity index (χ2n) is 5.96. The van der Waals surface area contributed by atoms with Crippen LogP contribution in [-0.4, -0.2) is 31.1 Å². The van der Waals surface area contributed by atoms with Crippen LogP contribution < -0.4 is 10.2 Å². The average Bonchev–Trinajstić information content (AvgIpc) is 2.89. The number of nitrogens with zero attached hydrogens (tertiary/aromatic N) is 1. The Morgan fingerprint density at radius 1 is 1.19 bits per heavy atom. The Labute approximate surface area is 125 Å². The third kappa shape index (κ3) is 3.54. The van der Waals surface area contributed by atoms with Crippen molar-refractivity contribution in [3.05, 3.63) is 24.3 Å². The monoisotopic (exact) mass is 290 g/mol. The fourth-order valence-corrected chi connectivity index (χ4v) is 2.87. The molecule has 1 aromatic rings. The van der Waals surface area contributed by atoms with E-state index in [9.17, 15) is 14.7 Å². The molecule has 1 aromatic carbocycles. The first-order chi connectivity index (χ1) is 9.93. The quantitative estimate of drug-likeness (QED) is 0.875. The summed E-state index contributed by atoms with van der Waals surface area (Å²) >= 11 is 0. The first-order valence-electron chi connectivity index (χ1n) is 7.24. The maximum atomic E-state index is 12.1. The van der Waals surface area contributed by atoms with Crippen LogP contribution in [-0.2, 0) is 9.59 Å². The molecule has 0 radical (unpaired) electrons. The van der Waals surface area contributed by atoms with Gasteiger partial charge in [0, 0.05) is 31.9 Å². The number of anilines is 2. The summed E-state index contributed by atoms with van der Waals surface area (Å²) in [6.07, 6.45) is 3.01. The number of amides is 1. The van der Waals surface area contributed by atoms with Gasteiger partial charge >= 0.3 is 5.97 Å². The molecule has 0 heterocycles. The lowest BCUT2D eigenvalue weighted by molar-refractivity contribution is -0.150. The van der Waals surface area contributed by atoms with E-state index in [0.717, 1.165) is 18.5 Å². The van der Waals surface area contributed by atoms with Gasteiger partial charge in [-0.1, -0.05) is 12.8 Å². The van der Waals surface area contributed by atoms with Crippen LogP contribution >= 0.6 is 0 Å². The van der Waals surface area contributed by atoms with E-state index in [1.165, 1.54) is 0 Å².